The van der Waals surface area contributed by atoms with Crippen LogP contribution in [-0.2, 0) is 0 Å². The van der Waals surface area contributed by atoms with Gasteiger partial charge in [-0.05, 0) is 48.4 Å². The van der Waals surface area contributed by atoms with Crippen LogP contribution >= 0.6 is 23.1 Å². The molecule has 0 saturated carbocycles. The van der Waals surface area contributed by atoms with Gasteiger partial charge in [0.2, 0.25) is 0 Å². The molecule has 0 aliphatic rings. The van der Waals surface area contributed by atoms with Gasteiger partial charge in [0, 0.05) is 16.7 Å². The van der Waals surface area contributed by atoms with Crippen molar-refractivity contribution in [2.75, 3.05) is 12.4 Å². The number of H-pyrrole nitrogens is 1. The van der Waals surface area contributed by atoms with Crippen molar-refractivity contribution in [1.29, 1.82) is 0 Å². The number of aromatic amines is 1. The van der Waals surface area contributed by atoms with Crippen LogP contribution in [0.15, 0.2) is 63.9 Å². The van der Waals surface area contributed by atoms with Crippen molar-refractivity contribution >= 4 is 33.3 Å². The minimum atomic E-state index is -0.0652. The van der Waals surface area contributed by atoms with Gasteiger partial charge >= 0.3 is 0 Å². The Balaban J connectivity index is 1.36. The number of thiophene rings is 1. The molecule has 0 amide bonds. The number of unbranched alkanes of at least 4 members (excludes halogenated alkanes) is 1. The highest BCUT2D eigenvalue weighted by atomic mass is 32.2. The molecule has 0 unspecified atom stereocenters. The molecule has 4 nitrogen and oxygen atoms in total. The fourth-order valence-corrected chi connectivity index (χ4v) is 5.40. The second kappa shape index (κ2) is 10.4. The smallest absolute Gasteiger partial charge is 0.260 e. The molecule has 0 fully saturated rings. The van der Waals surface area contributed by atoms with Gasteiger partial charge in [-0.3, -0.25) is 4.79 Å². The van der Waals surface area contributed by atoms with Gasteiger partial charge < -0.3 is 9.72 Å². The Morgan fingerprint density at radius 3 is 2.62 bits per heavy atom. The molecule has 4 aromatic rings. The molecule has 6 heteroatoms. The molecular formula is C26H28N2O2S2. The largest absolute Gasteiger partial charge is 0.493 e. The molecule has 0 atom stereocenters. The molecule has 0 saturated heterocycles. The van der Waals surface area contributed by atoms with Gasteiger partial charge in [-0.1, -0.05) is 68.1 Å². The lowest BCUT2D eigenvalue weighted by molar-refractivity contribution is 0.308. The molecule has 0 aliphatic carbocycles. The molecular weight excluding hydrogens is 436 g/mol. The standard InChI is InChI=1S/C26H28N2O2S2/c1-17(2)19-10-12-20(13-11-19)21-16-32-25-23(21)24(29)27-26(28-25)31-15-7-6-14-30-22-9-5-4-8-18(22)3/h4-5,8-13,16-17H,6-7,14-15H2,1-3H3,(H,27,28,29). The first-order valence-electron chi connectivity index (χ1n) is 11.0. The lowest BCUT2D eigenvalue weighted by atomic mass is 9.99. The molecule has 166 valence electrons. The normalized spacial score (nSPS) is 11.4. The van der Waals surface area contributed by atoms with Gasteiger partial charge in [0.05, 0.1) is 12.0 Å². The van der Waals surface area contributed by atoms with E-state index in [-0.39, 0.29) is 5.56 Å². The monoisotopic (exact) mass is 464 g/mol. The Morgan fingerprint density at radius 1 is 1.09 bits per heavy atom. The van der Waals surface area contributed by atoms with Gasteiger partial charge in [0.1, 0.15) is 10.6 Å². The molecule has 2 heterocycles. The van der Waals surface area contributed by atoms with E-state index in [0.717, 1.165) is 45.9 Å². The summed E-state index contributed by atoms with van der Waals surface area (Å²) in [6, 6.07) is 16.5. The van der Waals surface area contributed by atoms with Crippen molar-refractivity contribution in [1.82, 2.24) is 9.97 Å². The predicted octanol–water partition coefficient (Wildman–Crippen LogP) is 7.03. The summed E-state index contributed by atoms with van der Waals surface area (Å²) >= 11 is 3.12. The maximum absolute atomic E-state index is 12.8. The number of aryl methyl sites for hydroxylation is 1. The van der Waals surface area contributed by atoms with Crippen LogP contribution in [0.2, 0.25) is 0 Å². The van der Waals surface area contributed by atoms with Gasteiger partial charge in [-0.2, -0.15) is 0 Å². The van der Waals surface area contributed by atoms with Crippen LogP contribution in [0.3, 0.4) is 0 Å². The number of nitrogens with zero attached hydrogens (tertiary/aromatic N) is 1. The molecule has 2 aromatic heterocycles. The van der Waals surface area contributed by atoms with E-state index in [2.05, 4.69) is 56.1 Å². The third-order valence-corrected chi connectivity index (χ3v) is 7.27. The number of rotatable bonds is 9. The number of ether oxygens (including phenoxy) is 1. The van der Waals surface area contributed by atoms with Crippen molar-refractivity contribution in [3.05, 3.63) is 75.4 Å². The van der Waals surface area contributed by atoms with E-state index < -0.39 is 0 Å². The Bertz CT molecular complexity index is 1240. The number of para-hydroxylation sites is 1. The predicted molar refractivity (Wildman–Crippen MR) is 136 cm³/mol. The second-order valence-electron chi connectivity index (χ2n) is 8.15. The Labute approximate surface area is 197 Å². The summed E-state index contributed by atoms with van der Waals surface area (Å²) in [6.45, 7) is 7.11. The van der Waals surface area contributed by atoms with Crippen LogP contribution in [0.5, 0.6) is 5.75 Å². The van der Waals surface area contributed by atoms with Crippen molar-refractivity contribution in [3.63, 3.8) is 0 Å². The van der Waals surface area contributed by atoms with Crippen LogP contribution in [0.4, 0.5) is 0 Å². The third-order valence-electron chi connectivity index (χ3n) is 5.44. The first-order chi connectivity index (χ1) is 15.5. The molecule has 1 N–H and O–H groups in total. The molecule has 0 aliphatic heterocycles. The van der Waals surface area contributed by atoms with E-state index >= 15 is 0 Å². The molecule has 32 heavy (non-hydrogen) atoms. The van der Waals surface area contributed by atoms with E-state index in [0.29, 0.717) is 23.1 Å². The molecule has 0 radical (unpaired) electrons. The number of hydrogen-bond acceptors (Lipinski definition) is 5. The minimum Gasteiger partial charge on any atom is -0.493 e. The van der Waals surface area contributed by atoms with Crippen LogP contribution in [0.1, 0.15) is 43.7 Å². The zero-order chi connectivity index (χ0) is 22.5. The van der Waals surface area contributed by atoms with E-state index in [9.17, 15) is 4.79 Å². The minimum absolute atomic E-state index is 0.0652. The summed E-state index contributed by atoms with van der Waals surface area (Å²) in [7, 11) is 0. The first-order valence-corrected chi connectivity index (χ1v) is 12.8. The van der Waals surface area contributed by atoms with Gasteiger partial charge in [0.15, 0.2) is 5.16 Å². The fraction of sp³-hybridized carbons (Fsp3) is 0.308. The highest BCUT2D eigenvalue weighted by Crippen LogP contribution is 2.32. The Kier molecular flexibility index (Phi) is 7.33. The number of aromatic nitrogens is 2. The maximum Gasteiger partial charge on any atom is 0.260 e. The van der Waals surface area contributed by atoms with Gasteiger partial charge in [0.25, 0.3) is 5.56 Å². The van der Waals surface area contributed by atoms with E-state index in [1.54, 1.807) is 11.8 Å². The summed E-state index contributed by atoms with van der Waals surface area (Å²) in [5.74, 6) is 2.33. The number of nitrogens with one attached hydrogen (secondary N) is 1. The first kappa shape index (κ1) is 22.6. The molecule has 4 rings (SSSR count). The van der Waals surface area contributed by atoms with Gasteiger partial charge in [-0.25, -0.2) is 4.98 Å². The number of benzene rings is 2. The Morgan fingerprint density at radius 2 is 1.88 bits per heavy atom. The summed E-state index contributed by atoms with van der Waals surface area (Å²) in [6.07, 6.45) is 1.96. The highest BCUT2D eigenvalue weighted by molar-refractivity contribution is 7.99. The topological polar surface area (TPSA) is 55.0 Å². The van der Waals surface area contributed by atoms with Crippen molar-refractivity contribution in [2.45, 2.75) is 44.7 Å². The Hall–Kier alpha value is -2.57. The van der Waals surface area contributed by atoms with Crippen LogP contribution in [0, 0.1) is 6.92 Å². The molecule has 0 spiro atoms. The summed E-state index contributed by atoms with van der Waals surface area (Å²) in [5.41, 5.74) is 4.40. The zero-order valence-corrected chi connectivity index (χ0v) is 20.3. The average molecular weight is 465 g/mol. The number of fused-ring (bicyclic) bond motifs is 1. The quantitative estimate of drug-likeness (QED) is 0.164. The highest BCUT2D eigenvalue weighted by Gasteiger charge is 2.13. The van der Waals surface area contributed by atoms with Crippen molar-refractivity contribution < 1.29 is 4.74 Å². The summed E-state index contributed by atoms with van der Waals surface area (Å²) < 4.78 is 5.85. The number of thioether (sulfide) groups is 1. The van der Waals surface area contributed by atoms with Crippen LogP contribution in [-0.4, -0.2) is 22.3 Å². The lowest BCUT2D eigenvalue weighted by Crippen LogP contribution is -2.08. The second-order valence-corrected chi connectivity index (χ2v) is 10.1. The van der Waals surface area contributed by atoms with E-state index in [4.69, 9.17) is 9.72 Å². The van der Waals surface area contributed by atoms with Crippen LogP contribution < -0.4 is 10.3 Å². The SMILES string of the molecule is Cc1ccccc1OCCCCSc1nc2scc(-c3ccc(C(C)C)cc3)c2c(=O)[nH]1. The van der Waals surface area contributed by atoms with Crippen LogP contribution in [0.25, 0.3) is 21.3 Å². The molecule has 2 aromatic carbocycles. The summed E-state index contributed by atoms with van der Waals surface area (Å²) in [4.78, 5) is 21.3. The van der Waals surface area contributed by atoms with E-state index in [1.165, 1.54) is 16.9 Å². The zero-order valence-electron chi connectivity index (χ0n) is 18.7. The maximum atomic E-state index is 12.8. The fourth-order valence-electron chi connectivity index (χ4n) is 3.53. The molecule has 0 bridgehead atoms. The van der Waals surface area contributed by atoms with Gasteiger partial charge in [-0.15, -0.1) is 11.3 Å². The van der Waals surface area contributed by atoms with Crippen molar-refractivity contribution in [2.24, 2.45) is 0 Å². The average Bonchev–Trinajstić information content (AvgIpc) is 3.22. The summed E-state index contributed by atoms with van der Waals surface area (Å²) in [5, 5.41) is 3.41. The number of hydrogen-bond donors (Lipinski definition) is 1. The van der Waals surface area contributed by atoms with E-state index in [1.807, 2.05) is 23.6 Å². The third kappa shape index (κ3) is 5.25. The lowest BCUT2D eigenvalue weighted by Gasteiger charge is -2.08. The van der Waals surface area contributed by atoms with Crippen molar-refractivity contribution in [3.8, 4) is 16.9 Å².